The van der Waals surface area contributed by atoms with Gasteiger partial charge in [0.2, 0.25) is 0 Å². The molecule has 3 heteroatoms. The first-order valence-corrected chi connectivity index (χ1v) is 6.92. The molecule has 19 heavy (non-hydrogen) atoms. The molecule has 0 spiro atoms. The van der Waals surface area contributed by atoms with Gasteiger partial charge in [-0.2, -0.15) is 5.26 Å². The third-order valence-corrected chi connectivity index (χ3v) is 3.70. The van der Waals surface area contributed by atoms with Gasteiger partial charge in [-0.1, -0.05) is 29.8 Å². The molecule has 0 aliphatic heterocycles. The number of nitrogens with zero attached hydrogens (tertiary/aromatic N) is 1. The van der Waals surface area contributed by atoms with E-state index in [1.54, 1.807) is 0 Å². The molecule has 0 heterocycles. The second-order valence-corrected chi connectivity index (χ2v) is 5.44. The molecule has 0 aliphatic rings. The fraction of sp³-hybridized carbons (Fsp3) is 0.188. The number of benzene rings is 2. The maximum Gasteiger partial charge on any atom is 0.0992 e. The molecule has 1 unspecified atom stereocenters. The van der Waals surface area contributed by atoms with E-state index in [9.17, 15) is 0 Å². The molecular weight excluding hydrogens is 300 g/mol. The Balaban J connectivity index is 2.17. The van der Waals surface area contributed by atoms with Crippen molar-refractivity contribution in [2.24, 2.45) is 0 Å². The minimum atomic E-state index is 0.213. The number of hydrogen-bond donors (Lipinski definition) is 1. The number of nitriles is 1. The van der Waals surface area contributed by atoms with E-state index in [1.165, 1.54) is 11.1 Å². The van der Waals surface area contributed by atoms with Crippen molar-refractivity contribution >= 4 is 21.6 Å². The Kier molecular flexibility index (Phi) is 4.24. The van der Waals surface area contributed by atoms with Crippen LogP contribution in [0.5, 0.6) is 0 Å². The lowest BCUT2D eigenvalue weighted by Gasteiger charge is -2.17. The number of nitrogens with one attached hydrogen (secondary N) is 1. The van der Waals surface area contributed by atoms with Crippen molar-refractivity contribution in [1.29, 1.82) is 5.26 Å². The van der Waals surface area contributed by atoms with Crippen LogP contribution in [-0.4, -0.2) is 0 Å². The predicted molar refractivity (Wildman–Crippen MR) is 82.1 cm³/mol. The van der Waals surface area contributed by atoms with Crippen LogP contribution in [0.1, 0.15) is 29.7 Å². The quantitative estimate of drug-likeness (QED) is 0.883. The molecule has 0 radical (unpaired) electrons. The van der Waals surface area contributed by atoms with E-state index in [0.29, 0.717) is 5.56 Å². The number of aryl methyl sites for hydroxylation is 1. The fourth-order valence-corrected chi connectivity index (χ4v) is 2.37. The van der Waals surface area contributed by atoms with Crippen molar-refractivity contribution in [2.45, 2.75) is 19.9 Å². The SMILES string of the molecule is Cc1ccc(C(C)Nc2ccc(C#N)cc2Br)cc1. The topological polar surface area (TPSA) is 35.8 Å². The summed E-state index contributed by atoms with van der Waals surface area (Å²) in [5.41, 5.74) is 4.14. The first kappa shape index (κ1) is 13.6. The van der Waals surface area contributed by atoms with Crippen molar-refractivity contribution in [3.8, 4) is 6.07 Å². The number of rotatable bonds is 3. The monoisotopic (exact) mass is 314 g/mol. The standard InChI is InChI=1S/C16H15BrN2/c1-11-3-6-14(7-4-11)12(2)19-16-8-5-13(10-18)9-15(16)17/h3-9,12,19H,1-2H3. The van der Waals surface area contributed by atoms with Crippen LogP contribution in [0.4, 0.5) is 5.69 Å². The van der Waals surface area contributed by atoms with Gasteiger partial charge in [-0.3, -0.25) is 0 Å². The van der Waals surface area contributed by atoms with Crippen LogP contribution < -0.4 is 5.32 Å². The van der Waals surface area contributed by atoms with Gasteiger partial charge in [0.25, 0.3) is 0 Å². The average molecular weight is 315 g/mol. The van der Waals surface area contributed by atoms with Gasteiger partial charge in [0.1, 0.15) is 0 Å². The van der Waals surface area contributed by atoms with Crippen LogP contribution in [0.3, 0.4) is 0 Å². The van der Waals surface area contributed by atoms with Crippen LogP contribution in [-0.2, 0) is 0 Å². The molecule has 0 bridgehead atoms. The molecule has 0 saturated heterocycles. The Morgan fingerprint density at radius 1 is 1.16 bits per heavy atom. The van der Waals surface area contributed by atoms with Gasteiger partial charge < -0.3 is 5.32 Å². The Labute approximate surface area is 122 Å². The third-order valence-electron chi connectivity index (χ3n) is 3.05. The van der Waals surface area contributed by atoms with Gasteiger partial charge in [0.15, 0.2) is 0 Å². The molecule has 96 valence electrons. The Morgan fingerprint density at radius 2 is 1.84 bits per heavy atom. The van der Waals surface area contributed by atoms with E-state index < -0.39 is 0 Å². The molecule has 0 aromatic heterocycles. The van der Waals surface area contributed by atoms with Crippen molar-refractivity contribution < 1.29 is 0 Å². The highest BCUT2D eigenvalue weighted by atomic mass is 79.9. The van der Waals surface area contributed by atoms with E-state index in [0.717, 1.165) is 10.2 Å². The number of halogens is 1. The highest BCUT2D eigenvalue weighted by Gasteiger charge is 2.07. The Hall–Kier alpha value is -1.79. The van der Waals surface area contributed by atoms with Crippen molar-refractivity contribution in [1.82, 2.24) is 0 Å². The first-order chi connectivity index (χ1) is 9.10. The van der Waals surface area contributed by atoms with E-state index in [2.05, 4.69) is 65.4 Å². The maximum atomic E-state index is 8.85. The molecule has 0 saturated carbocycles. The summed E-state index contributed by atoms with van der Waals surface area (Å²) >= 11 is 3.49. The minimum Gasteiger partial charge on any atom is -0.378 e. The Morgan fingerprint density at radius 3 is 2.42 bits per heavy atom. The van der Waals surface area contributed by atoms with E-state index in [4.69, 9.17) is 5.26 Å². The van der Waals surface area contributed by atoms with Gasteiger partial charge in [-0.05, 0) is 53.5 Å². The number of anilines is 1. The zero-order valence-electron chi connectivity index (χ0n) is 10.9. The summed E-state index contributed by atoms with van der Waals surface area (Å²) in [4.78, 5) is 0. The van der Waals surface area contributed by atoms with Crippen molar-refractivity contribution in [2.75, 3.05) is 5.32 Å². The Bertz CT molecular complexity index is 612. The van der Waals surface area contributed by atoms with E-state index >= 15 is 0 Å². The fourth-order valence-electron chi connectivity index (χ4n) is 1.87. The second kappa shape index (κ2) is 5.90. The molecule has 2 nitrogen and oxygen atoms in total. The lowest BCUT2D eigenvalue weighted by molar-refractivity contribution is 0.883. The molecular formula is C16H15BrN2. The first-order valence-electron chi connectivity index (χ1n) is 6.13. The zero-order chi connectivity index (χ0) is 13.8. The minimum absolute atomic E-state index is 0.213. The summed E-state index contributed by atoms with van der Waals surface area (Å²) in [6.45, 7) is 4.20. The summed E-state index contributed by atoms with van der Waals surface area (Å²) in [6, 6.07) is 16.4. The second-order valence-electron chi connectivity index (χ2n) is 4.58. The molecule has 2 aromatic rings. The van der Waals surface area contributed by atoms with Crippen LogP contribution in [0.2, 0.25) is 0 Å². The summed E-state index contributed by atoms with van der Waals surface area (Å²) < 4.78 is 0.908. The van der Waals surface area contributed by atoms with Crippen molar-refractivity contribution in [3.05, 3.63) is 63.6 Å². The number of hydrogen-bond acceptors (Lipinski definition) is 2. The van der Waals surface area contributed by atoms with Crippen LogP contribution in [0, 0.1) is 18.3 Å². The summed E-state index contributed by atoms with van der Waals surface area (Å²) in [5, 5.41) is 12.3. The molecule has 0 aliphatic carbocycles. The average Bonchev–Trinajstić information content (AvgIpc) is 2.41. The van der Waals surface area contributed by atoms with Crippen LogP contribution in [0.15, 0.2) is 46.9 Å². The van der Waals surface area contributed by atoms with Gasteiger partial charge in [-0.25, -0.2) is 0 Å². The smallest absolute Gasteiger partial charge is 0.0992 e. The normalized spacial score (nSPS) is 11.7. The third kappa shape index (κ3) is 3.36. The van der Waals surface area contributed by atoms with Gasteiger partial charge in [-0.15, -0.1) is 0 Å². The summed E-state index contributed by atoms with van der Waals surface area (Å²) in [7, 11) is 0. The molecule has 1 atom stereocenters. The van der Waals surface area contributed by atoms with Crippen molar-refractivity contribution in [3.63, 3.8) is 0 Å². The summed E-state index contributed by atoms with van der Waals surface area (Å²) in [5.74, 6) is 0. The largest absolute Gasteiger partial charge is 0.378 e. The summed E-state index contributed by atoms with van der Waals surface area (Å²) in [6.07, 6.45) is 0. The lowest BCUT2D eigenvalue weighted by Crippen LogP contribution is -2.07. The van der Waals surface area contributed by atoms with Crippen LogP contribution in [0.25, 0.3) is 0 Å². The van der Waals surface area contributed by atoms with Gasteiger partial charge in [0, 0.05) is 16.2 Å². The zero-order valence-corrected chi connectivity index (χ0v) is 12.5. The predicted octanol–water partition coefficient (Wildman–Crippen LogP) is 4.80. The molecule has 0 fully saturated rings. The van der Waals surface area contributed by atoms with Gasteiger partial charge >= 0.3 is 0 Å². The maximum absolute atomic E-state index is 8.85. The molecule has 1 N–H and O–H groups in total. The van der Waals surface area contributed by atoms with E-state index in [-0.39, 0.29) is 6.04 Å². The molecule has 2 aromatic carbocycles. The molecule has 2 rings (SSSR count). The van der Waals surface area contributed by atoms with Gasteiger partial charge in [0.05, 0.1) is 11.6 Å². The molecule has 0 amide bonds. The van der Waals surface area contributed by atoms with E-state index in [1.807, 2.05) is 18.2 Å². The lowest BCUT2D eigenvalue weighted by atomic mass is 10.1. The highest BCUT2D eigenvalue weighted by Crippen LogP contribution is 2.27. The highest BCUT2D eigenvalue weighted by molar-refractivity contribution is 9.10. The van der Waals surface area contributed by atoms with Crippen LogP contribution >= 0.6 is 15.9 Å².